The second kappa shape index (κ2) is 7.11. The number of ether oxygens (including phenoxy) is 1. The maximum atomic E-state index is 12.7. The van der Waals surface area contributed by atoms with Crippen molar-refractivity contribution < 1.29 is 14.1 Å². The van der Waals surface area contributed by atoms with Crippen molar-refractivity contribution in [3.8, 4) is 11.4 Å². The molecule has 1 fully saturated rings. The van der Waals surface area contributed by atoms with Gasteiger partial charge in [-0.2, -0.15) is 4.98 Å². The van der Waals surface area contributed by atoms with Crippen molar-refractivity contribution in [1.29, 1.82) is 0 Å². The molecule has 7 nitrogen and oxygen atoms in total. The summed E-state index contributed by atoms with van der Waals surface area (Å²) in [5.74, 6) is 0.304. The summed E-state index contributed by atoms with van der Waals surface area (Å²) in [6.45, 7) is 6.49. The fourth-order valence-corrected chi connectivity index (χ4v) is 3.06. The fraction of sp³-hybridized carbons (Fsp3) is 0.471. The molecule has 3 N–H and O–H groups in total. The quantitative estimate of drug-likeness (QED) is 0.843. The maximum Gasteiger partial charge on any atom is 0.245 e. The summed E-state index contributed by atoms with van der Waals surface area (Å²) in [6.07, 6.45) is 1.79. The summed E-state index contributed by atoms with van der Waals surface area (Å²) in [7, 11) is 0. The molecule has 0 aliphatic heterocycles. The average Bonchev–Trinajstić information content (AvgIpc) is 3.09. The first-order valence-corrected chi connectivity index (χ1v) is 7.97. The molecule has 3 rings (SSSR count). The van der Waals surface area contributed by atoms with E-state index in [1.165, 1.54) is 6.39 Å². The molecule has 1 aromatic heterocycles. The number of aromatic nitrogens is 2. The molecule has 0 radical (unpaired) electrons. The zero-order valence-electron chi connectivity index (χ0n) is 14.5. The van der Waals surface area contributed by atoms with Gasteiger partial charge in [0.2, 0.25) is 18.1 Å². The molecule has 2 unspecified atom stereocenters. The van der Waals surface area contributed by atoms with Crippen LogP contribution in [0.15, 0.2) is 35.2 Å². The van der Waals surface area contributed by atoms with Crippen LogP contribution in [0.1, 0.15) is 27.2 Å². The summed E-state index contributed by atoms with van der Waals surface area (Å²) < 4.78 is 10.4. The first kappa shape index (κ1) is 19.4. The zero-order chi connectivity index (χ0) is 17.4. The fourth-order valence-electron chi connectivity index (χ4n) is 3.06. The third-order valence-electron chi connectivity index (χ3n) is 5.00. The van der Waals surface area contributed by atoms with Gasteiger partial charge in [0.05, 0.1) is 6.10 Å². The molecule has 1 amide bonds. The van der Waals surface area contributed by atoms with Crippen LogP contribution in [-0.2, 0) is 9.53 Å². The second-order valence-electron chi connectivity index (χ2n) is 6.63. The molecule has 0 spiro atoms. The van der Waals surface area contributed by atoms with E-state index in [4.69, 9.17) is 15.0 Å². The molecule has 1 aromatic carbocycles. The second-order valence-corrected chi connectivity index (χ2v) is 6.63. The number of amides is 1. The number of anilines is 1. The number of carbonyl (C=O) groups excluding carboxylic acids is 1. The highest BCUT2D eigenvalue weighted by Crippen LogP contribution is 2.50. The maximum absolute atomic E-state index is 12.7. The van der Waals surface area contributed by atoms with E-state index >= 15 is 0 Å². The summed E-state index contributed by atoms with van der Waals surface area (Å²) in [4.78, 5) is 16.6. The third kappa shape index (κ3) is 3.27. The Labute approximate surface area is 152 Å². The van der Waals surface area contributed by atoms with E-state index in [0.29, 0.717) is 24.5 Å². The van der Waals surface area contributed by atoms with Crippen LogP contribution < -0.4 is 11.1 Å². The van der Waals surface area contributed by atoms with E-state index in [0.717, 1.165) is 5.56 Å². The Morgan fingerprint density at radius 2 is 2.08 bits per heavy atom. The lowest BCUT2D eigenvalue weighted by Gasteiger charge is -2.57. The zero-order valence-corrected chi connectivity index (χ0v) is 15.3. The largest absolute Gasteiger partial charge is 0.378 e. The molecule has 1 heterocycles. The Kier molecular flexibility index (Phi) is 5.51. The minimum atomic E-state index is -0.945. The Bertz CT molecular complexity index is 718. The van der Waals surface area contributed by atoms with E-state index in [-0.39, 0.29) is 24.4 Å². The van der Waals surface area contributed by atoms with Crippen LogP contribution >= 0.6 is 12.4 Å². The van der Waals surface area contributed by atoms with Crippen molar-refractivity contribution in [3.63, 3.8) is 0 Å². The van der Waals surface area contributed by atoms with Gasteiger partial charge in [0.25, 0.3) is 0 Å². The Balaban J connectivity index is 0.00000225. The van der Waals surface area contributed by atoms with E-state index in [2.05, 4.69) is 15.5 Å². The summed E-state index contributed by atoms with van der Waals surface area (Å²) >= 11 is 0. The number of hydrogen-bond donors (Lipinski definition) is 2. The lowest BCUT2D eigenvalue weighted by atomic mass is 9.54. The number of benzene rings is 1. The van der Waals surface area contributed by atoms with Gasteiger partial charge in [-0.1, -0.05) is 19.0 Å². The summed E-state index contributed by atoms with van der Waals surface area (Å²) in [5, 5.41) is 6.67. The SMILES string of the molecule is CCOC1CC(N)(C(=O)Nc2ccc(-c3ncon3)cc2)C1(C)C.Cl. The first-order valence-electron chi connectivity index (χ1n) is 7.97. The summed E-state index contributed by atoms with van der Waals surface area (Å²) in [5.41, 5.74) is 6.49. The number of nitrogens with zero attached hydrogens (tertiary/aromatic N) is 2. The van der Waals surface area contributed by atoms with Gasteiger partial charge in [0.1, 0.15) is 5.54 Å². The van der Waals surface area contributed by atoms with Crippen molar-refractivity contribution in [1.82, 2.24) is 10.1 Å². The molecule has 25 heavy (non-hydrogen) atoms. The topological polar surface area (TPSA) is 103 Å². The predicted octanol–water partition coefficient (Wildman–Crippen LogP) is 2.63. The molecule has 136 valence electrons. The van der Waals surface area contributed by atoms with Crippen LogP contribution in [0.5, 0.6) is 0 Å². The highest BCUT2D eigenvalue weighted by molar-refractivity contribution is 5.99. The van der Waals surface area contributed by atoms with E-state index < -0.39 is 11.0 Å². The summed E-state index contributed by atoms with van der Waals surface area (Å²) in [6, 6.07) is 7.22. The molecule has 2 aromatic rings. The number of rotatable bonds is 5. The van der Waals surface area contributed by atoms with Crippen LogP contribution in [0.2, 0.25) is 0 Å². The van der Waals surface area contributed by atoms with Gasteiger partial charge in [0.15, 0.2) is 0 Å². The van der Waals surface area contributed by atoms with Crippen LogP contribution in [0.3, 0.4) is 0 Å². The predicted molar refractivity (Wildman–Crippen MR) is 96.3 cm³/mol. The molecular weight excluding hydrogens is 344 g/mol. The minimum absolute atomic E-state index is 0. The average molecular weight is 367 g/mol. The van der Waals surface area contributed by atoms with Crippen LogP contribution in [0.25, 0.3) is 11.4 Å². The van der Waals surface area contributed by atoms with E-state index in [1.807, 2.05) is 32.9 Å². The lowest BCUT2D eigenvalue weighted by molar-refractivity contribution is -0.166. The van der Waals surface area contributed by atoms with E-state index in [1.54, 1.807) is 12.1 Å². The minimum Gasteiger partial charge on any atom is -0.378 e. The normalized spacial score (nSPS) is 24.1. The molecule has 1 aliphatic carbocycles. The lowest BCUT2D eigenvalue weighted by Crippen LogP contribution is -2.74. The van der Waals surface area contributed by atoms with Gasteiger partial charge >= 0.3 is 0 Å². The van der Waals surface area contributed by atoms with Gasteiger partial charge in [-0.3, -0.25) is 4.79 Å². The van der Waals surface area contributed by atoms with Crippen molar-refractivity contribution >= 4 is 24.0 Å². The van der Waals surface area contributed by atoms with Crippen molar-refractivity contribution in [2.24, 2.45) is 11.1 Å². The van der Waals surface area contributed by atoms with Crippen LogP contribution in [-0.4, -0.2) is 34.3 Å². The molecule has 8 heteroatoms. The van der Waals surface area contributed by atoms with Crippen molar-refractivity contribution in [3.05, 3.63) is 30.7 Å². The molecule has 1 saturated carbocycles. The van der Waals surface area contributed by atoms with Crippen LogP contribution in [0, 0.1) is 5.41 Å². The molecule has 1 aliphatic rings. The van der Waals surface area contributed by atoms with Crippen molar-refractivity contribution in [2.75, 3.05) is 11.9 Å². The number of nitrogens with one attached hydrogen (secondary N) is 1. The standard InChI is InChI=1S/C17H22N4O3.ClH/c1-4-23-13-9-17(18,16(13,2)3)15(22)20-12-7-5-11(6-8-12)14-19-10-24-21-14;/h5-8,10,13H,4,9,18H2,1-3H3,(H,20,22);1H. The number of hydrogen-bond acceptors (Lipinski definition) is 6. The van der Waals surface area contributed by atoms with Gasteiger partial charge in [-0.15, -0.1) is 12.4 Å². The number of halogens is 1. The first-order chi connectivity index (χ1) is 11.4. The van der Waals surface area contributed by atoms with Crippen LogP contribution in [0.4, 0.5) is 5.69 Å². The Hall–Kier alpha value is -1.96. The van der Waals surface area contributed by atoms with Gasteiger partial charge in [0, 0.05) is 29.7 Å². The molecule has 0 bridgehead atoms. The molecular formula is C17H23ClN4O3. The monoisotopic (exact) mass is 366 g/mol. The molecule has 2 atom stereocenters. The Morgan fingerprint density at radius 3 is 2.60 bits per heavy atom. The third-order valence-corrected chi connectivity index (χ3v) is 5.00. The Morgan fingerprint density at radius 1 is 1.40 bits per heavy atom. The van der Waals surface area contributed by atoms with Gasteiger partial charge in [-0.25, -0.2) is 0 Å². The van der Waals surface area contributed by atoms with Crippen molar-refractivity contribution in [2.45, 2.75) is 38.8 Å². The van der Waals surface area contributed by atoms with Gasteiger partial charge < -0.3 is 20.3 Å². The number of carbonyl (C=O) groups is 1. The smallest absolute Gasteiger partial charge is 0.245 e. The molecule has 0 saturated heterocycles. The van der Waals surface area contributed by atoms with E-state index in [9.17, 15) is 4.79 Å². The van der Waals surface area contributed by atoms with Gasteiger partial charge in [-0.05, 0) is 31.2 Å². The highest BCUT2D eigenvalue weighted by atomic mass is 35.5. The highest BCUT2D eigenvalue weighted by Gasteiger charge is 2.62. The number of nitrogens with two attached hydrogens (primary N) is 1.